The van der Waals surface area contributed by atoms with E-state index in [9.17, 15) is 19.2 Å². The summed E-state index contributed by atoms with van der Waals surface area (Å²) in [7, 11) is 4.52. The Bertz CT molecular complexity index is 1580. The van der Waals surface area contributed by atoms with E-state index in [1.165, 1.54) is 27.8 Å². The molecular formula is C18H21ClN8O4. The molecule has 13 heteroatoms. The van der Waals surface area contributed by atoms with Crippen LogP contribution in [0.25, 0.3) is 22.3 Å². The van der Waals surface area contributed by atoms with Crippen LogP contribution in [-0.2, 0) is 34.2 Å². The van der Waals surface area contributed by atoms with Crippen LogP contribution in [0.5, 0.6) is 0 Å². The van der Waals surface area contributed by atoms with Gasteiger partial charge in [0.1, 0.15) is 5.82 Å². The van der Waals surface area contributed by atoms with Crippen molar-refractivity contribution < 1.29 is 0 Å². The molecule has 0 unspecified atom stereocenters. The molecule has 0 saturated heterocycles. The first-order valence-electron chi connectivity index (χ1n) is 9.67. The second kappa shape index (κ2) is 7.38. The van der Waals surface area contributed by atoms with Gasteiger partial charge in [-0.1, -0.05) is 13.3 Å². The molecular weight excluding hydrogens is 428 g/mol. The Labute approximate surface area is 179 Å². The molecule has 0 fully saturated rings. The Kier molecular flexibility index (Phi) is 4.96. The number of nitrogens with one attached hydrogen (secondary N) is 1. The second-order valence-electron chi connectivity index (χ2n) is 7.37. The summed E-state index contributed by atoms with van der Waals surface area (Å²) in [5.74, 6) is 0.397. The van der Waals surface area contributed by atoms with E-state index >= 15 is 0 Å². The number of imidazole rings is 2. The van der Waals surface area contributed by atoms with Crippen molar-refractivity contribution in [3.05, 3.63) is 52.8 Å². The maximum absolute atomic E-state index is 12.8. The number of fused-ring (bicyclic) bond motifs is 2. The van der Waals surface area contributed by atoms with Gasteiger partial charge >= 0.3 is 11.4 Å². The highest BCUT2D eigenvalue weighted by atomic mass is 35.5. The van der Waals surface area contributed by atoms with Gasteiger partial charge in [-0.2, -0.15) is 4.98 Å². The number of hydrogen-bond acceptors (Lipinski definition) is 6. The lowest BCUT2D eigenvalue weighted by Crippen LogP contribution is -2.37. The Hall–Kier alpha value is -3.41. The Morgan fingerprint density at radius 1 is 0.903 bits per heavy atom. The molecule has 0 aliphatic carbocycles. The van der Waals surface area contributed by atoms with Crippen molar-refractivity contribution in [2.45, 2.75) is 32.9 Å². The summed E-state index contributed by atoms with van der Waals surface area (Å²) in [4.78, 5) is 60.7. The Balaban J connectivity index is 1.97. The number of nitrogens with zero attached hydrogens (tertiary/aromatic N) is 7. The van der Waals surface area contributed by atoms with E-state index in [2.05, 4.69) is 15.0 Å². The van der Waals surface area contributed by atoms with Crippen LogP contribution < -0.4 is 22.5 Å². The van der Waals surface area contributed by atoms with Gasteiger partial charge in [0.05, 0.1) is 6.54 Å². The normalized spacial score (nSPS) is 11.8. The fourth-order valence-electron chi connectivity index (χ4n) is 3.66. The summed E-state index contributed by atoms with van der Waals surface area (Å²) >= 11 is 6.30. The molecule has 0 aromatic carbocycles. The van der Waals surface area contributed by atoms with Crippen molar-refractivity contribution in [3.8, 4) is 0 Å². The zero-order valence-electron chi connectivity index (χ0n) is 17.5. The number of H-pyrrole nitrogens is 1. The second-order valence-corrected chi connectivity index (χ2v) is 7.71. The summed E-state index contributed by atoms with van der Waals surface area (Å²) in [6.07, 6.45) is 1.61. The lowest BCUT2D eigenvalue weighted by molar-refractivity contribution is 0.613. The molecule has 4 rings (SSSR count). The van der Waals surface area contributed by atoms with Gasteiger partial charge in [0.2, 0.25) is 5.28 Å². The minimum atomic E-state index is -0.547. The molecule has 4 aromatic heterocycles. The van der Waals surface area contributed by atoms with Crippen molar-refractivity contribution in [2.75, 3.05) is 0 Å². The van der Waals surface area contributed by atoms with Crippen molar-refractivity contribution in [1.82, 2.24) is 37.8 Å². The van der Waals surface area contributed by atoms with Gasteiger partial charge in [-0.15, -0.1) is 0 Å². The van der Waals surface area contributed by atoms with Crippen molar-refractivity contribution >= 4 is 33.9 Å². The summed E-state index contributed by atoms with van der Waals surface area (Å²) in [6, 6.07) is 0. The zero-order valence-corrected chi connectivity index (χ0v) is 18.2. The standard InChI is InChI=1S/C18H21ClN8O4/c1-5-6-7-26-13-10(14(28)22-17(26)30)23(2)9(20-13)8-27-11-12(21-16(27)19)24(3)18(31)25(4)15(11)29/h5-8H2,1-4H3,(H,22,28,30). The van der Waals surface area contributed by atoms with E-state index in [0.717, 1.165) is 17.4 Å². The number of hydrogen-bond donors (Lipinski definition) is 1. The van der Waals surface area contributed by atoms with Crippen LogP contribution in [0.1, 0.15) is 25.6 Å². The van der Waals surface area contributed by atoms with Gasteiger partial charge in [-0.05, 0) is 18.0 Å². The molecule has 4 aromatic rings. The van der Waals surface area contributed by atoms with Gasteiger partial charge in [0, 0.05) is 27.7 Å². The molecule has 4 heterocycles. The van der Waals surface area contributed by atoms with Crippen molar-refractivity contribution in [1.29, 1.82) is 0 Å². The van der Waals surface area contributed by atoms with Crippen LogP contribution in [-0.4, -0.2) is 37.8 Å². The molecule has 0 bridgehead atoms. The topological polar surface area (TPSA) is 135 Å². The van der Waals surface area contributed by atoms with Gasteiger partial charge in [-0.3, -0.25) is 28.3 Å². The first-order valence-corrected chi connectivity index (χ1v) is 10.0. The number of rotatable bonds is 5. The number of aromatic amines is 1. The monoisotopic (exact) mass is 448 g/mol. The predicted octanol–water partition coefficient (Wildman–Crippen LogP) is -0.328. The molecule has 12 nitrogen and oxygen atoms in total. The summed E-state index contributed by atoms with van der Waals surface area (Å²) in [6.45, 7) is 2.42. The SMILES string of the molecule is CCCCn1c(=O)[nH]c(=O)c2c1nc(Cn1c(Cl)nc3c1c(=O)n(C)c(=O)n3C)n2C. The summed E-state index contributed by atoms with van der Waals surface area (Å²) < 4.78 is 6.63. The van der Waals surface area contributed by atoms with Crippen LogP contribution in [0.2, 0.25) is 5.28 Å². The highest BCUT2D eigenvalue weighted by Crippen LogP contribution is 2.19. The smallest absolute Gasteiger partial charge is 0.324 e. The zero-order chi connectivity index (χ0) is 22.6. The van der Waals surface area contributed by atoms with E-state index in [1.807, 2.05) is 6.92 Å². The molecule has 164 valence electrons. The van der Waals surface area contributed by atoms with E-state index in [1.54, 1.807) is 11.6 Å². The van der Waals surface area contributed by atoms with Crippen molar-refractivity contribution in [2.24, 2.45) is 21.1 Å². The molecule has 0 radical (unpaired) electrons. The van der Waals surface area contributed by atoms with Crippen LogP contribution in [0.4, 0.5) is 0 Å². The third-order valence-corrected chi connectivity index (χ3v) is 5.73. The first-order chi connectivity index (χ1) is 14.7. The maximum Gasteiger partial charge on any atom is 0.332 e. The molecule has 0 spiro atoms. The van der Waals surface area contributed by atoms with Gasteiger partial charge < -0.3 is 9.13 Å². The molecule has 1 N–H and O–H groups in total. The quantitative estimate of drug-likeness (QED) is 0.415. The van der Waals surface area contributed by atoms with Crippen molar-refractivity contribution in [3.63, 3.8) is 0 Å². The van der Waals surface area contributed by atoms with Crippen LogP contribution in [0, 0.1) is 0 Å². The molecule has 0 amide bonds. The number of halogens is 1. The molecule has 0 aliphatic rings. The molecule has 0 atom stereocenters. The van der Waals surface area contributed by atoms with E-state index in [0.29, 0.717) is 12.4 Å². The predicted molar refractivity (Wildman–Crippen MR) is 115 cm³/mol. The first kappa shape index (κ1) is 20.8. The van der Waals surface area contributed by atoms with E-state index in [4.69, 9.17) is 11.6 Å². The van der Waals surface area contributed by atoms with Gasteiger partial charge in [-0.25, -0.2) is 14.6 Å². The average Bonchev–Trinajstić information content (AvgIpc) is 3.22. The minimum absolute atomic E-state index is 0.00219. The minimum Gasteiger partial charge on any atom is -0.324 e. The number of aromatic nitrogens is 8. The number of unbranched alkanes of at least 4 members (excludes halogenated alkanes) is 1. The largest absolute Gasteiger partial charge is 0.332 e. The van der Waals surface area contributed by atoms with Crippen LogP contribution >= 0.6 is 11.6 Å². The molecule has 31 heavy (non-hydrogen) atoms. The maximum atomic E-state index is 12.8. The lowest BCUT2D eigenvalue weighted by atomic mass is 10.3. The fourth-order valence-corrected chi connectivity index (χ4v) is 3.89. The van der Waals surface area contributed by atoms with E-state index < -0.39 is 22.5 Å². The Morgan fingerprint density at radius 3 is 2.29 bits per heavy atom. The average molecular weight is 449 g/mol. The van der Waals surface area contributed by atoms with E-state index in [-0.39, 0.29) is 34.2 Å². The fraction of sp³-hybridized carbons (Fsp3) is 0.444. The lowest BCUT2D eigenvalue weighted by Gasteiger charge is -2.07. The van der Waals surface area contributed by atoms with Crippen LogP contribution in [0.15, 0.2) is 19.2 Å². The van der Waals surface area contributed by atoms with Crippen LogP contribution in [0.3, 0.4) is 0 Å². The van der Waals surface area contributed by atoms with Gasteiger partial charge in [0.25, 0.3) is 11.1 Å². The highest BCUT2D eigenvalue weighted by Gasteiger charge is 2.22. The third-order valence-electron chi connectivity index (χ3n) is 5.44. The summed E-state index contributed by atoms with van der Waals surface area (Å²) in [5.41, 5.74) is -1.35. The molecule has 0 saturated carbocycles. The summed E-state index contributed by atoms with van der Waals surface area (Å²) in [5, 5.41) is -0.00219. The molecule has 0 aliphatic heterocycles. The Morgan fingerprint density at radius 2 is 1.61 bits per heavy atom. The van der Waals surface area contributed by atoms with Gasteiger partial charge in [0.15, 0.2) is 22.3 Å². The highest BCUT2D eigenvalue weighted by molar-refractivity contribution is 6.29. The number of aryl methyl sites for hydroxylation is 3. The third kappa shape index (κ3) is 3.05.